The zero-order valence-corrected chi connectivity index (χ0v) is 14.0. The summed E-state index contributed by atoms with van der Waals surface area (Å²) in [5.74, 6) is -0.165. The molecule has 1 saturated carbocycles. The van der Waals surface area contributed by atoms with Gasteiger partial charge < -0.3 is 10.2 Å². The molecule has 25 heavy (non-hydrogen) atoms. The van der Waals surface area contributed by atoms with Gasteiger partial charge in [-0.15, -0.1) is 0 Å². The Hall–Kier alpha value is -2.42. The van der Waals surface area contributed by atoms with Gasteiger partial charge in [0.05, 0.1) is 0 Å². The summed E-state index contributed by atoms with van der Waals surface area (Å²) in [4.78, 5) is 0. The molecule has 2 N–H and O–H groups in total. The zero-order chi connectivity index (χ0) is 17.3. The Kier molecular flexibility index (Phi) is 3.95. The van der Waals surface area contributed by atoms with Crippen molar-refractivity contribution in [3.63, 3.8) is 0 Å². The Morgan fingerprint density at radius 1 is 0.640 bits per heavy atom. The van der Waals surface area contributed by atoms with E-state index in [1.165, 1.54) is 0 Å². The van der Waals surface area contributed by atoms with Crippen LogP contribution < -0.4 is 0 Å². The van der Waals surface area contributed by atoms with Gasteiger partial charge in [-0.25, -0.2) is 0 Å². The second kappa shape index (κ2) is 6.14. The molecule has 3 aromatic carbocycles. The van der Waals surface area contributed by atoms with Gasteiger partial charge in [-0.1, -0.05) is 91.0 Å². The smallest absolute Gasteiger partial charge is 0.129 e. The Labute approximate surface area is 148 Å². The lowest BCUT2D eigenvalue weighted by Crippen LogP contribution is -2.48. The van der Waals surface area contributed by atoms with E-state index in [0.717, 1.165) is 23.1 Å². The third-order valence-corrected chi connectivity index (χ3v) is 5.60. The lowest BCUT2D eigenvalue weighted by molar-refractivity contribution is -0.151. The number of rotatable bonds is 3. The summed E-state index contributed by atoms with van der Waals surface area (Å²) in [5.41, 5.74) is -0.124. The molecule has 2 heteroatoms. The molecule has 1 aliphatic carbocycles. The first-order valence-corrected chi connectivity index (χ1v) is 8.77. The summed E-state index contributed by atoms with van der Waals surface area (Å²) < 4.78 is 0. The molecule has 3 aromatic rings. The van der Waals surface area contributed by atoms with Crippen molar-refractivity contribution in [1.29, 1.82) is 0 Å². The lowest BCUT2D eigenvalue weighted by Gasteiger charge is -2.42. The molecule has 3 unspecified atom stereocenters. The van der Waals surface area contributed by atoms with Crippen molar-refractivity contribution in [2.24, 2.45) is 0 Å². The molecule has 0 radical (unpaired) electrons. The Morgan fingerprint density at radius 2 is 1.12 bits per heavy atom. The second-order valence-electron chi connectivity index (χ2n) is 6.86. The minimum Gasteiger partial charge on any atom is -0.382 e. The van der Waals surface area contributed by atoms with Crippen LogP contribution in [0, 0.1) is 0 Å². The highest BCUT2D eigenvalue weighted by molar-refractivity contribution is 5.41. The Morgan fingerprint density at radius 3 is 1.68 bits per heavy atom. The van der Waals surface area contributed by atoms with Crippen LogP contribution in [0.4, 0.5) is 0 Å². The van der Waals surface area contributed by atoms with Crippen molar-refractivity contribution in [3.05, 3.63) is 108 Å². The molecular formula is C23H22O2. The molecule has 1 aliphatic rings. The first-order valence-electron chi connectivity index (χ1n) is 8.77. The van der Waals surface area contributed by atoms with Gasteiger partial charge in [-0.3, -0.25) is 0 Å². The van der Waals surface area contributed by atoms with Crippen molar-refractivity contribution >= 4 is 0 Å². The van der Waals surface area contributed by atoms with Gasteiger partial charge in [0.2, 0.25) is 0 Å². The average molecular weight is 330 g/mol. The highest BCUT2D eigenvalue weighted by Crippen LogP contribution is 2.59. The van der Waals surface area contributed by atoms with Crippen LogP contribution in [0.5, 0.6) is 0 Å². The van der Waals surface area contributed by atoms with Crippen LogP contribution in [0.1, 0.15) is 35.4 Å². The Bertz CT molecular complexity index is 832. The fourth-order valence-electron chi connectivity index (χ4n) is 4.34. The maximum atomic E-state index is 12.0. The quantitative estimate of drug-likeness (QED) is 0.750. The van der Waals surface area contributed by atoms with E-state index < -0.39 is 11.2 Å². The first kappa shape index (κ1) is 16.1. The van der Waals surface area contributed by atoms with E-state index >= 15 is 0 Å². The molecule has 0 aliphatic heterocycles. The Balaban J connectivity index is 1.92. The normalized spacial score (nSPS) is 28.8. The summed E-state index contributed by atoms with van der Waals surface area (Å²) in [6.45, 7) is 0. The van der Waals surface area contributed by atoms with Crippen LogP contribution in [0.15, 0.2) is 91.0 Å². The average Bonchev–Trinajstić information content (AvgIpc) is 2.97. The third kappa shape index (κ3) is 2.41. The highest BCUT2D eigenvalue weighted by Gasteiger charge is 2.60. The van der Waals surface area contributed by atoms with Crippen molar-refractivity contribution < 1.29 is 10.2 Å². The number of aliphatic hydroxyl groups is 2. The van der Waals surface area contributed by atoms with Crippen LogP contribution >= 0.6 is 0 Å². The molecular weight excluding hydrogens is 308 g/mol. The monoisotopic (exact) mass is 330 g/mol. The number of hydrogen-bond acceptors (Lipinski definition) is 2. The topological polar surface area (TPSA) is 40.5 Å². The summed E-state index contributed by atoms with van der Waals surface area (Å²) in [5, 5.41) is 23.7. The lowest BCUT2D eigenvalue weighted by atomic mass is 9.70. The van der Waals surface area contributed by atoms with Gasteiger partial charge in [0.25, 0.3) is 0 Å². The summed E-state index contributed by atoms with van der Waals surface area (Å²) in [6.07, 6.45) is 1.24. The van der Waals surface area contributed by atoms with Gasteiger partial charge in [0.15, 0.2) is 0 Å². The van der Waals surface area contributed by atoms with Gasteiger partial charge >= 0.3 is 0 Å². The van der Waals surface area contributed by atoms with Crippen molar-refractivity contribution in [1.82, 2.24) is 0 Å². The third-order valence-electron chi connectivity index (χ3n) is 5.60. The van der Waals surface area contributed by atoms with E-state index in [2.05, 4.69) is 0 Å². The molecule has 0 spiro atoms. The molecule has 0 aromatic heterocycles. The summed E-state index contributed by atoms with van der Waals surface area (Å²) in [6, 6.07) is 29.2. The van der Waals surface area contributed by atoms with Crippen molar-refractivity contribution in [2.75, 3.05) is 0 Å². The van der Waals surface area contributed by atoms with Gasteiger partial charge in [0, 0.05) is 5.92 Å². The highest BCUT2D eigenvalue weighted by atomic mass is 16.4. The molecule has 3 atom stereocenters. The SMILES string of the molecule is OC1(c2ccccc2)CCC(c2ccccc2)C1(O)c1ccccc1. The first-order chi connectivity index (χ1) is 12.2. The molecule has 0 saturated heterocycles. The van der Waals surface area contributed by atoms with Crippen LogP contribution in [-0.2, 0) is 11.2 Å². The minimum absolute atomic E-state index is 0.165. The van der Waals surface area contributed by atoms with Crippen LogP contribution in [0.25, 0.3) is 0 Å². The van der Waals surface area contributed by atoms with E-state index in [4.69, 9.17) is 0 Å². The summed E-state index contributed by atoms with van der Waals surface area (Å²) >= 11 is 0. The predicted octanol–water partition coefficient (Wildman–Crippen LogP) is 4.34. The van der Waals surface area contributed by atoms with E-state index in [1.807, 2.05) is 91.0 Å². The van der Waals surface area contributed by atoms with E-state index in [0.29, 0.717) is 6.42 Å². The summed E-state index contributed by atoms with van der Waals surface area (Å²) in [7, 11) is 0. The van der Waals surface area contributed by atoms with Gasteiger partial charge in [0.1, 0.15) is 11.2 Å². The number of hydrogen-bond donors (Lipinski definition) is 2. The van der Waals surface area contributed by atoms with Crippen molar-refractivity contribution in [3.8, 4) is 0 Å². The standard InChI is InChI=1S/C23H22O2/c24-22(19-12-6-2-7-13-19)17-16-21(18-10-4-1-5-11-18)23(22,25)20-14-8-3-9-15-20/h1-15,21,24-25H,16-17H2. The van der Waals surface area contributed by atoms with E-state index in [1.54, 1.807) is 0 Å². The zero-order valence-electron chi connectivity index (χ0n) is 14.0. The maximum absolute atomic E-state index is 12.0. The molecule has 126 valence electrons. The van der Waals surface area contributed by atoms with Crippen LogP contribution in [-0.4, -0.2) is 10.2 Å². The molecule has 1 fully saturated rings. The fraction of sp³-hybridized carbons (Fsp3) is 0.217. The number of benzene rings is 3. The minimum atomic E-state index is -1.38. The van der Waals surface area contributed by atoms with Gasteiger partial charge in [-0.05, 0) is 29.5 Å². The van der Waals surface area contributed by atoms with Gasteiger partial charge in [-0.2, -0.15) is 0 Å². The molecule has 0 bridgehead atoms. The molecule has 2 nitrogen and oxygen atoms in total. The molecule has 0 heterocycles. The predicted molar refractivity (Wildman–Crippen MR) is 99.1 cm³/mol. The molecule has 4 rings (SSSR count). The molecule has 0 amide bonds. The largest absolute Gasteiger partial charge is 0.382 e. The van der Waals surface area contributed by atoms with Crippen molar-refractivity contribution in [2.45, 2.75) is 30.0 Å². The van der Waals surface area contributed by atoms with E-state index in [9.17, 15) is 10.2 Å². The second-order valence-corrected chi connectivity index (χ2v) is 6.86. The maximum Gasteiger partial charge on any atom is 0.129 e. The van der Waals surface area contributed by atoms with E-state index in [-0.39, 0.29) is 5.92 Å². The van der Waals surface area contributed by atoms with Crippen LogP contribution in [0.2, 0.25) is 0 Å². The van der Waals surface area contributed by atoms with Crippen LogP contribution in [0.3, 0.4) is 0 Å². The fourth-order valence-corrected chi connectivity index (χ4v) is 4.34.